The van der Waals surface area contributed by atoms with E-state index < -0.39 is 0 Å². The molecule has 2 rings (SSSR count). The second-order valence-electron chi connectivity index (χ2n) is 4.65. The van der Waals surface area contributed by atoms with Crippen LogP contribution in [0.5, 0.6) is 0 Å². The topological polar surface area (TPSA) is 12.0 Å². The quantitative estimate of drug-likeness (QED) is 0.726. The number of hydrogen-bond donors (Lipinski definition) is 1. The number of hydrogen-bond acceptors (Lipinski definition) is 2. The number of nitrogens with one attached hydrogen (secondary N) is 1. The van der Waals surface area contributed by atoms with Gasteiger partial charge in [-0.1, -0.05) is 6.92 Å². The highest BCUT2D eigenvalue weighted by atomic mass is 32.1. The molecule has 0 bridgehead atoms. The van der Waals surface area contributed by atoms with Crippen LogP contribution in [0.2, 0.25) is 0 Å². The van der Waals surface area contributed by atoms with Crippen molar-refractivity contribution in [3.05, 3.63) is 22.4 Å². The maximum Gasteiger partial charge on any atom is 0.0219 e. The molecule has 1 N–H and O–H groups in total. The van der Waals surface area contributed by atoms with Gasteiger partial charge in [-0.3, -0.25) is 0 Å². The van der Waals surface area contributed by atoms with Crippen LogP contribution in [0.15, 0.2) is 16.8 Å². The fraction of sp³-hybridized carbons (Fsp3) is 0.636. The standard InChI is InChI=1S/C11H17NS/c1-10(2)11(3,5-6-12-10)9-4-7-13-8-9/h4,7-8,12H,5-6H2,1-3H3. The van der Waals surface area contributed by atoms with Crippen LogP contribution in [0.25, 0.3) is 0 Å². The van der Waals surface area contributed by atoms with Gasteiger partial charge in [-0.15, -0.1) is 0 Å². The predicted octanol–water partition coefficient (Wildman–Crippen LogP) is 2.78. The first kappa shape index (κ1) is 9.22. The zero-order valence-corrected chi connectivity index (χ0v) is 9.37. The van der Waals surface area contributed by atoms with Gasteiger partial charge in [0, 0.05) is 11.0 Å². The Bertz CT molecular complexity index is 289. The van der Waals surface area contributed by atoms with Gasteiger partial charge in [-0.25, -0.2) is 0 Å². The van der Waals surface area contributed by atoms with Crippen molar-refractivity contribution in [2.45, 2.75) is 38.1 Å². The molecule has 2 heteroatoms. The van der Waals surface area contributed by atoms with E-state index in [9.17, 15) is 0 Å². The molecular weight excluding hydrogens is 178 g/mol. The van der Waals surface area contributed by atoms with Gasteiger partial charge in [0.05, 0.1) is 0 Å². The molecule has 0 aliphatic carbocycles. The lowest BCUT2D eigenvalue weighted by atomic mass is 9.70. The molecule has 0 aromatic carbocycles. The van der Waals surface area contributed by atoms with Crippen LogP contribution in [0, 0.1) is 0 Å². The first-order chi connectivity index (χ1) is 6.06. The third-order valence-corrected chi connectivity index (χ3v) is 4.41. The van der Waals surface area contributed by atoms with E-state index in [1.165, 1.54) is 12.0 Å². The van der Waals surface area contributed by atoms with Crippen LogP contribution in [0.4, 0.5) is 0 Å². The van der Waals surface area contributed by atoms with E-state index in [1.807, 2.05) is 0 Å². The molecule has 2 heterocycles. The molecule has 1 aromatic rings. The van der Waals surface area contributed by atoms with Gasteiger partial charge in [0.15, 0.2) is 0 Å². The van der Waals surface area contributed by atoms with Gasteiger partial charge in [-0.05, 0) is 49.2 Å². The van der Waals surface area contributed by atoms with Crippen LogP contribution in [0.1, 0.15) is 32.8 Å². The van der Waals surface area contributed by atoms with Gasteiger partial charge >= 0.3 is 0 Å². The summed E-state index contributed by atoms with van der Waals surface area (Å²) in [5.74, 6) is 0. The number of rotatable bonds is 1. The summed E-state index contributed by atoms with van der Waals surface area (Å²) in [5.41, 5.74) is 2.04. The Morgan fingerprint density at radius 1 is 1.38 bits per heavy atom. The molecule has 0 spiro atoms. The average molecular weight is 195 g/mol. The Morgan fingerprint density at radius 3 is 2.62 bits per heavy atom. The van der Waals surface area contributed by atoms with Gasteiger partial charge in [0.1, 0.15) is 0 Å². The number of thiophene rings is 1. The van der Waals surface area contributed by atoms with Crippen LogP contribution < -0.4 is 5.32 Å². The smallest absolute Gasteiger partial charge is 0.0219 e. The van der Waals surface area contributed by atoms with E-state index in [-0.39, 0.29) is 5.54 Å². The molecule has 1 unspecified atom stereocenters. The average Bonchev–Trinajstić information content (AvgIpc) is 2.61. The Morgan fingerprint density at radius 2 is 2.15 bits per heavy atom. The molecule has 1 aliphatic rings. The van der Waals surface area contributed by atoms with Crippen LogP contribution in [-0.2, 0) is 5.41 Å². The molecule has 1 nitrogen and oxygen atoms in total. The van der Waals surface area contributed by atoms with Crippen molar-refractivity contribution in [1.29, 1.82) is 0 Å². The summed E-state index contributed by atoms with van der Waals surface area (Å²) in [6.45, 7) is 8.11. The van der Waals surface area contributed by atoms with Gasteiger partial charge in [-0.2, -0.15) is 11.3 Å². The Hall–Kier alpha value is -0.340. The Balaban J connectivity index is 2.40. The van der Waals surface area contributed by atoms with E-state index in [0.29, 0.717) is 5.41 Å². The van der Waals surface area contributed by atoms with Gasteiger partial charge < -0.3 is 5.32 Å². The second kappa shape index (κ2) is 2.82. The molecule has 1 fully saturated rings. The Kier molecular flexibility index (Phi) is 2.00. The maximum absolute atomic E-state index is 3.58. The van der Waals surface area contributed by atoms with Crippen LogP contribution in [-0.4, -0.2) is 12.1 Å². The normalized spacial score (nSPS) is 32.2. The zero-order valence-electron chi connectivity index (χ0n) is 8.55. The molecule has 1 atom stereocenters. The summed E-state index contributed by atoms with van der Waals surface area (Å²) in [7, 11) is 0. The highest BCUT2D eigenvalue weighted by molar-refractivity contribution is 7.08. The highest BCUT2D eigenvalue weighted by Crippen LogP contribution is 2.42. The summed E-state index contributed by atoms with van der Waals surface area (Å²) in [6, 6.07) is 2.26. The van der Waals surface area contributed by atoms with Crippen molar-refractivity contribution >= 4 is 11.3 Å². The molecule has 0 radical (unpaired) electrons. The van der Waals surface area contributed by atoms with Crippen molar-refractivity contribution in [2.24, 2.45) is 0 Å². The minimum absolute atomic E-state index is 0.230. The zero-order chi connectivity index (χ0) is 9.53. The minimum atomic E-state index is 0.230. The largest absolute Gasteiger partial charge is 0.311 e. The summed E-state index contributed by atoms with van der Waals surface area (Å²) in [4.78, 5) is 0. The summed E-state index contributed by atoms with van der Waals surface area (Å²) in [5, 5.41) is 8.04. The molecule has 72 valence electrons. The fourth-order valence-electron chi connectivity index (χ4n) is 2.22. The first-order valence-electron chi connectivity index (χ1n) is 4.84. The van der Waals surface area contributed by atoms with E-state index in [2.05, 4.69) is 42.9 Å². The van der Waals surface area contributed by atoms with Crippen molar-refractivity contribution in [3.63, 3.8) is 0 Å². The predicted molar refractivity (Wildman–Crippen MR) is 58.4 cm³/mol. The van der Waals surface area contributed by atoms with Crippen LogP contribution in [0.3, 0.4) is 0 Å². The van der Waals surface area contributed by atoms with E-state index in [4.69, 9.17) is 0 Å². The molecule has 1 aromatic heterocycles. The molecule has 13 heavy (non-hydrogen) atoms. The van der Waals surface area contributed by atoms with Crippen LogP contribution >= 0.6 is 11.3 Å². The third kappa shape index (κ3) is 1.24. The molecular formula is C11H17NS. The SMILES string of the molecule is CC1(C)NCCC1(C)c1ccsc1. The summed E-state index contributed by atoms with van der Waals surface area (Å²) >= 11 is 1.80. The first-order valence-corrected chi connectivity index (χ1v) is 5.78. The maximum atomic E-state index is 3.58. The monoisotopic (exact) mass is 195 g/mol. The van der Waals surface area contributed by atoms with E-state index in [1.54, 1.807) is 11.3 Å². The van der Waals surface area contributed by atoms with E-state index >= 15 is 0 Å². The molecule has 0 amide bonds. The van der Waals surface area contributed by atoms with Gasteiger partial charge in [0.2, 0.25) is 0 Å². The van der Waals surface area contributed by atoms with Crippen molar-refractivity contribution in [3.8, 4) is 0 Å². The third-order valence-electron chi connectivity index (χ3n) is 3.73. The summed E-state index contributed by atoms with van der Waals surface area (Å²) < 4.78 is 0. The fourth-order valence-corrected chi connectivity index (χ4v) is 3.01. The lowest BCUT2D eigenvalue weighted by Crippen LogP contribution is -2.47. The van der Waals surface area contributed by atoms with Gasteiger partial charge in [0.25, 0.3) is 0 Å². The van der Waals surface area contributed by atoms with Crippen molar-refractivity contribution in [2.75, 3.05) is 6.54 Å². The second-order valence-corrected chi connectivity index (χ2v) is 5.43. The highest BCUT2D eigenvalue weighted by Gasteiger charge is 2.46. The summed E-state index contributed by atoms with van der Waals surface area (Å²) in [6.07, 6.45) is 1.25. The minimum Gasteiger partial charge on any atom is -0.311 e. The Labute approximate surface area is 84.2 Å². The van der Waals surface area contributed by atoms with Crippen molar-refractivity contribution in [1.82, 2.24) is 5.32 Å². The van der Waals surface area contributed by atoms with E-state index in [0.717, 1.165) is 6.54 Å². The van der Waals surface area contributed by atoms with Crippen molar-refractivity contribution < 1.29 is 0 Å². The lowest BCUT2D eigenvalue weighted by molar-refractivity contribution is 0.298. The lowest BCUT2D eigenvalue weighted by Gasteiger charge is -2.37. The molecule has 1 aliphatic heterocycles. The molecule has 0 saturated carbocycles. The molecule has 1 saturated heterocycles.